The van der Waals surface area contributed by atoms with Gasteiger partial charge in [0.2, 0.25) is 5.82 Å². The summed E-state index contributed by atoms with van der Waals surface area (Å²) in [7, 11) is 0. The van der Waals surface area contributed by atoms with Crippen molar-refractivity contribution < 1.29 is 19.5 Å². The Hall–Kier alpha value is -2.35. The molecule has 0 atom stereocenters. The quantitative estimate of drug-likeness (QED) is 0.660. The monoisotopic (exact) mass is 312 g/mol. The zero-order chi connectivity index (χ0) is 15.4. The molecule has 8 nitrogen and oxygen atoms in total. The number of nitrogens with zero attached hydrogens (tertiary/aromatic N) is 4. The Bertz CT molecular complexity index is 627. The van der Waals surface area contributed by atoms with Crippen LogP contribution in [0.5, 0.6) is 6.01 Å². The summed E-state index contributed by atoms with van der Waals surface area (Å²) in [5.74, 6) is -0.482. The van der Waals surface area contributed by atoms with Crippen molar-refractivity contribution in [3.8, 4) is 17.5 Å². The minimum atomic E-state index is -0.551. The summed E-state index contributed by atoms with van der Waals surface area (Å²) in [6, 6.07) is 3.00. The first kappa shape index (κ1) is 15.0. The van der Waals surface area contributed by atoms with Gasteiger partial charge in [-0.2, -0.15) is 4.98 Å². The van der Waals surface area contributed by atoms with E-state index in [-0.39, 0.29) is 24.5 Å². The van der Waals surface area contributed by atoms with Gasteiger partial charge in [0, 0.05) is 6.20 Å². The van der Waals surface area contributed by atoms with Gasteiger partial charge < -0.3 is 14.7 Å². The standard InChI is InChI=1S/C12H13ClN4O4/c1-7(2)21-10(18)6-20-12-15-11(17(19)16-12)9-4-3-8(13)5-14-9/h3-5,7,19H,6H2,1-2H3. The van der Waals surface area contributed by atoms with Crippen molar-refractivity contribution in [2.24, 2.45) is 0 Å². The number of carbonyl (C=O) groups is 1. The number of halogens is 1. The molecule has 2 heterocycles. The van der Waals surface area contributed by atoms with E-state index < -0.39 is 5.97 Å². The molecule has 0 aromatic carbocycles. The molecule has 0 amide bonds. The Labute approximate surface area is 125 Å². The minimum Gasteiger partial charge on any atom is -0.460 e. The molecule has 9 heteroatoms. The Balaban J connectivity index is 2.05. The maximum Gasteiger partial charge on any atom is 0.344 e. The number of pyridine rings is 1. The van der Waals surface area contributed by atoms with E-state index in [2.05, 4.69) is 15.1 Å². The lowest BCUT2D eigenvalue weighted by Gasteiger charge is -2.06. The molecule has 112 valence electrons. The summed E-state index contributed by atoms with van der Waals surface area (Å²) in [4.78, 5) is 19.8. The number of ether oxygens (including phenoxy) is 2. The minimum absolute atomic E-state index is 0.0684. The average Bonchev–Trinajstić information content (AvgIpc) is 2.78. The molecule has 0 aliphatic heterocycles. The molecule has 0 aliphatic rings. The molecule has 1 N–H and O–H groups in total. The van der Waals surface area contributed by atoms with Gasteiger partial charge in [-0.25, -0.2) is 4.79 Å². The first-order chi connectivity index (χ1) is 9.95. The van der Waals surface area contributed by atoms with Crippen LogP contribution < -0.4 is 4.74 Å². The molecule has 21 heavy (non-hydrogen) atoms. The fourth-order valence-electron chi connectivity index (χ4n) is 1.44. The van der Waals surface area contributed by atoms with E-state index in [1.165, 1.54) is 6.20 Å². The summed E-state index contributed by atoms with van der Waals surface area (Å²) in [5.41, 5.74) is 0.356. The summed E-state index contributed by atoms with van der Waals surface area (Å²) in [6.07, 6.45) is 1.17. The van der Waals surface area contributed by atoms with Crippen molar-refractivity contribution in [3.05, 3.63) is 23.4 Å². The fraction of sp³-hybridized carbons (Fsp3) is 0.333. The first-order valence-corrected chi connectivity index (χ1v) is 6.44. The molecule has 0 radical (unpaired) electrons. The maximum atomic E-state index is 11.3. The predicted molar refractivity (Wildman–Crippen MR) is 72.2 cm³/mol. The second kappa shape index (κ2) is 6.40. The van der Waals surface area contributed by atoms with Crippen LogP contribution in [-0.4, -0.2) is 43.8 Å². The van der Waals surface area contributed by atoms with Crippen molar-refractivity contribution in [1.29, 1.82) is 0 Å². The number of carbonyl (C=O) groups excluding carboxylic acids is 1. The molecule has 2 aromatic heterocycles. The number of aromatic nitrogens is 4. The lowest BCUT2D eigenvalue weighted by Crippen LogP contribution is -2.19. The molecule has 0 saturated heterocycles. The Morgan fingerprint density at radius 3 is 2.86 bits per heavy atom. The predicted octanol–water partition coefficient (Wildman–Crippen LogP) is 1.56. The maximum absolute atomic E-state index is 11.3. The van der Waals surface area contributed by atoms with E-state index in [0.717, 1.165) is 0 Å². The second-order valence-corrected chi connectivity index (χ2v) is 4.73. The average molecular weight is 313 g/mol. The highest BCUT2D eigenvalue weighted by Gasteiger charge is 2.15. The number of rotatable bonds is 5. The van der Waals surface area contributed by atoms with Crippen molar-refractivity contribution in [2.45, 2.75) is 20.0 Å². The van der Waals surface area contributed by atoms with Gasteiger partial charge >= 0.3 is 12.0 Å². The van der Waals surface area contributed by atoms with Crippen LogP contribution in [0.3, 0.4) is 0 Å². The van der Waals surface area contributed by atoms with E-state index in [1.54, 1.807) is 26.0 Å². The largest absolute Gasteiger partial charge is 0.460 e. The lowest BCUT2D eigenvalue weighted by atomic mass is 10.3. The molecule has 2 rings (SSSR count). The van der Waals surface area contributed by atoms with Gasteiger partial charge in [-0.1, -0.05) is 21.5 Å². The Morgan fingerprint density at radius 1 is 1.48 bits per heavy atom. The normalized spacial score (nSPS) is 10.7. The third-order valence-electron chi connectivity index (χ3n) is 2.21. The summed E-state index contributed by atoms with van der Waals surface area (Å²) < 4.78 is 9.93. The smallest absolute Gasteiger partial charge is 0.344 e. The van der Waals surface area contributed by atoms with Crippen LogP contribution in [0, 0.1) is 0 Å². The second-order valence-electron chi connectivity index (χ2n) is 4.30. The van der Waals surface area contributed by atoms with Gasteiger partial charge in [0.15, 0.2) is 6.61 Å². The molecule has 0 saturated carbocycles. The van der Waals surface area contributed by atoms with E-state index in [4.69, 9.17) is 21.1 Å². The van der Waals surface area contributed by atoms with Crippen LogP contribution >= 0.6 is 11.6 Å². The first-order valence-electron chi connectivity index (χ1n) is 6.06. The SMILES string of the molecule is CC(C)OC(=O)COc1nc(-c2ccc(Cl)cn2)n(O)n1. The molecule has 0 fully saturated rings. The van der Waals surface area contributed by atoms with Crippen LogP contribution in [0.25, 0.3) is 11.5 Å². The molecular formula is C12H13ClN4O4. The Morgan fingerprint density at radius 2 is 2.24 bits per heavy atom. The van der Waals surface area contributed by atoms with Gasteiger partial charge in [0.05, 0.1) is 11.1 Å². The van der Waals surface area contributed by atoms with E-state index >= 15 is 0 Å². The van der Waals surface area contributed by atoms with E-state index in [9.17, 15) is 10.0 Å². The van der Waals surface area contributed by atoms with Gasteiger partial charge in [-0.3, -0.25) is 4.98 Å². The summed E-state index contributed by atoms with van der Waals surface area (Å²) >= 11 is 5.73. The van der Waals surface area contributed by atoms with Gasteiger partial charge in [0.25, 0.3) is 0 Å². The molecular weight excluding hydrogens is 300 g/mol. The third-order valence-corrected chi connectivity index (χ3v) is 2.44. The fourth-order valence-corrected chi connectivity index (χ4v) is 1.55. The molecule has 0 spiro atoms. The highest BCUT2D eigenvalue weighted by Crippen LogP contribution is 2.18. The molecule has 0 bridgehead atoms. The van der Waals surface area contributed by atoms with Crippen LogP contribution in [0.2, 0.25) is 5.02 Å². The number of hydrogen-bond donors (Lipinski definition) is 1. The van der Waals surface area contributed by atoms with Crippen LogP contribution in [-0.2, 0) is 9.53 Å². The Kier molecular flexibility index (Phi) is 4.59. The highest BCUT2D eigenvalue weighted by atomic mass is 35.5. The zero-order valence-electron chi connectivity index (χ0n) is 11.4. The number of esters is 1. The van der Waals surface area contributed by atoms with Gasteiger partial charge in [-0.05, 0) is 26.0 Å². The van der Waals surface area contributed by atoms with E-state index in [0.29, 0.717) is 15.6 Å². The zero-order valence-corrected chi connectivity index (χ0v) is 12.1. The van der Waals surface area contributed by atoms with Gasteiger partial charge in [0.1, 0.15) is 5.69 Å². The van der Waals surface area contributed by atoms with Crippen LogP contribution in [0.4, 0.5) is 0 Å². The van der Waals surface area contributed by atoms with Crippen LogP contribution in [0.1, 0.15) is 13.8 Å². The van der Waals surface area contributed by atoms with Crippen molar-refractivity contribution in [1.82, 2.24) is 19.9 Å². The number of hydrogen-bond acceptors (Lipinski definition) is 7. The van der Waals surface area contributed by atoms with Gasteiger partial charge in [-0.15, -0.1) is 0 Å². The highest BCUT2D eigenvalue weighted by molar-refractivity contribution is 6.30. The van der Waals surface area contributed by atoms with E-state index in [1.807, 2.05) is 0 Å². The molecule has 0 aliphatic carbocycles. The summed E-state index contributed by atoms with van der Waals surface area (Å²) in [5, 5.41) is 13.7. The lowest BCUT2D eigenvalue weighted by molar-refractivity contribution is -0.149. The molecule has 0 unspecified atom stereocenters. The topological polar surface area (TPSA) is 99.4 Å². The van der Waals surface area contributed by atoms with Crippen molar-refractivity contribution in [2.75, 3.05) is 6.61 Å². The molecule has 2 aromatic rings. The third kappa shape index (κ3) is 4.06. The van der Waals surface area contributed by atoms with Crippen molar-refractivity contribution in [3.63, 3.8) is 0 Å². The van der Waals surface area contributed by atoms with Crippen LogP contribution in [0.15, 0.2) is 18.3 Å². The summed E-state index contributed by atoms with van der Waals surface area (Å²) in [6.45, 7) is 3.10. The van der Waals surface area contributed by atoms with Crippen molar-refractivity contribution >= 4 is 17.6 Å².